The topological polar surface area (TPSA) is 71.0 Å². The summed E-state index contributed by atoms with van der Waals surface area (Å²) in [6, 6.07) is 15.3. The van der Waals surface area contributed by atoms with Crippen LogP contribution in [0.3, 0.4) is 0 Å². The van der Waals surface area contributed by atoms with Crippen LogP contribution in [0.5, 0.6) is 0 Å². The van der Waals surface area contributed by atoms with E-state index in [0.29, 0.717) is 21.6 Å². The molecule has 2 aromatic carbocycles. The number of nitrogens with one attached hydrogen (secondary N) is 1. The molecule has 158 valence electrons. The predicted octanol–water partition coefficient (Wildman–Crippen LogP) is 6.68. The van der Waals surface area contributed by atoms with E-state index in [-0.39, 0.29) is 5.91 Å². The molecule has 0 fully saturated rings. The van der Waals surface area contributed by atoms with Crippen LogP contribution in [0, 0.1) is 6.92 Å². The Morgan fingerprint density at radius 2 is 2.03 bits per heavy atom. The van der Waals surface area contributed by atoms with Crippen LogP contribution >= 0.6 is 46.0 Å². The van der Waals surface area contributed by atoms with Gasteiger partial charge < -0.3 is 5.32 Å². The number of hydrogen-bond donors (Lipinski definition) is 1. The Labute approximate surface area is 197 Å². The maximum Gasteiger partial charge on any atom is 0.230 e. The number of benzene rings is 2. The maximum absolute atomic E-state index is 12.2. The van der Waals surface area contributed by atoms with Crippen LogP contribution in [0.4, 0.5) is 21.6 Å². The van der Waals surface area contributed by atoms with Gasteiger partial charge in [0.1, 0.15) is 0 Å². The number of aromatic nitrogens is 3. The lowest BCUT2D eigenvalue weighted by atomic mass is 10.2. The fourth-order valence-corrected chi connectivity index (χ4v) is 5.65. The van der Waals surface area contributed by atoms with E-state index < -0.39 is 0 Å². The quantitative estimate of drug-likeness (QED) is 0.293. The summed E-state index contributed by atoms with van der Waals surface area (Å²) in [6.45, 7) is 3.56. The molecule has 0 aliphatic carbocycles. The third kappa shape index (κ3) is 5.62. The minimum Gasteiger partial charge on any atom is -0.330 e. The van der Waals surface area contributed by atoms with E-state index in [1.165, 1.54) is 35.2 Å². The molecule has 4 rings (SSSR count). The van der Waals surface area contributed by atoms with Crippen molar-refractivity contribution < 1.29 is 4.79 Å². The second-order valence-corrected chi connectivity index (χ2v) is 10.1. The number of carbonyl (C=O) groups excluding carboxylic acids is 1. The highest BCUT2D eigenvalue weighted by Crippen LogP contribution is 2.34. The van der Waals surface area contributed by atoms with Gasteiger partial charge in [-0.05, 0) is 42.8 Å². The van der Waals surface area contributed by atoms with Crippen molar-refractivity contribution in [2.45, 2.75) is 23.9 Å². The first-order valence-electron chi connectivity index (χ1n) is 9.28. The van der Waals surface area contributed by atoms with E-state index >= 15 is 0 Å². The fourth-order valence-electron chi connectivity index (χ4n) is 2.81. The summed E-state index contributed by atoms with van der Waals surface area (Å²) < 4.78 is 0.850. The first kappa shape index (κ1) is 21.8. The largest absolute Gasteiger partial charge is 0.330 e. The summed E-state index contributed by atoms with van der Waals surface area (Å²) in [7, 11) is 0. The molecule has 0 unspecified atom stereocenters. The van der Waals surface area contributed by atoms with Gasteiger partial charge in [0.15, 0.2) is 9.47 Å². The molecule has 0 spiro atoms. The smallest absolute Gasteiger partial charge is 0.230 e. The van der Waals surface area contributed by atoms with Gasteiger partial charge in [0.05, 0.1) is 11.4 Å². The number of carbonyl (C=O) groups is 1. The molecule has 0 aliphatic heterocycles. The minimum atomic E-state index is -0.119. The number of aryl methyl sites for hydroxylation is 1. The molecule has 6 nitrogen and oxygen atoms in total. The first-order chi connectivity index (χ1) is 15.0. The number of anilines is 4. The Balaban J connectivity index is 1.41. The molecule has 1 amide bonds. The highest BCUT2D eigenvalue weighted by Gasteiger charge is 2.18. The lowest BCUT2D eigenvalue weighted by molar-refractivity contribution is -0.115. The molecular formula is C21H18ClN5OS3. The minimum absolute atomic E-state index is 0.119. The molecule has 1 N–H and O–H groups in total. The normalized spacial score (nSPS) is 10.8. The summed E-state index contributed by atoms with van der Waals surface area (Å²) in [5, 5.41) is 15.6. The van der Waals surface area contributed by atoms with Gasteiger partial charge in [-0.25, -0.2) is 4.98 Å². The molecule has 2 aromatic heterocycles. The summed E-state index contributed by atoms with van der Waals surface area (Å²) in [4.78, 5) is 18.4. The Morgan fingerprint density at radius 3 is 2.81 bits per heavy atom. The second kappa shape index (κ2) is 9.78. The van der Waals surface area contributed by atoms with Crippen LogP contribution in [-0.2, 0) is 10.5 Å². The van der Waals surface area contributed by atoms with Gasteiger partial charge in [0.2, 0.25) is 11.0 Å². The van der Waals surface area contributed by atoms with Gasteiger partial charge in [-0.3, -0.25) is 9.69 Å². The van der Waals surface area contributed by atoms with Gasteiger partial charge in [0, 0.05) is 28.8 Å². The fraction of sp³-hybridized carbons (Fsp3) is 0.143. The standard InChI is InChI=1S/C21H18ClN5OS3/c1-13-5-3-7-16(9-13)23-19-25-26-21(31-19)30-12-17-11-29-20(24-17)27(14(2)28)18-8-4-6-15(22)10-18/h3-11H,12H2,1-2H3,(H,23,25). The predicted molar refractivity (Wildman–Crippen MR) is 130 cm³/mol. The molecule has 4 aromatic rings. The van der Waals surface area contributed by atoms with Crippen LogP contribution in [-0.4, -0.2) is 21.1 Å². The molecule has 10 heteroatoms. The lowest BCUT2D eigenvalue weighted by Gasteiger charge is -2.18. The molecule has 0 atom stereocenters. The van der Waals surface area contributed by atoms with Crippen molar-refractivity contribution in [3.63, 3.8) is 0 Å². The summed E-state index contributed by atoms with van der Waals surface area (Å²) in [5.41, 5.74) is 3.74. The molecule has 0 saturated carbocycles. The monoisotopic (exact) mass is 487 g/mol. The lowest BCUT2D eigenvalue weighted by Crippen LogP contribution is -2.22. The van der Waals surface area contributed by atoms with Crippen molar-refractivity contribution >= 4 is 73.6 Å². The summed E-state index contributed by atoms with van der Waals surface area (Å²) in [5.74, 6) is 0.517. The molecular weight excluding hydrogens is 470 g/mol. The van der Waals surface area contributed by atoms with Crippen molar-refractivity contribution in [3.05, 3.63) is 70.2 Å². The SMILES string of the molecule is CC(=O)N(c1cccc(Cl)c1)c1nc(CSc2nnc(Nc3cccc(C)c3)s2)cs1. The highest BCUT2D eigenvalue weighted by atomic mass is 35.5. The Kier molecular flexibility index (Phi) is 6.86. The number of halogens is 1. The number of thiazole rings is 1. The summed E-state index contributed by atoms with van der Waals surface area (Å²) >= 11 is 10.6. The number of amides is 1. The van der Waals surface area contributed by atoms with Crippen molar-refractivity contribution in [3.8, 4) is 0 Å². The molecule has 31 heavy (non-hydrogen) atoms. The van der Waals surface area contributed by atoms with Crippen molar-refractivity contribution in [1.29, 1.82) is 0 Å². The number of hydrogen-bond acceptors (Lipinski definition) is 8. The third-order valence-electron chi connectivity index (χ3n) is 4.13. The third-order valence-corrected chi connectivity index (χ3v) is 7.25. The van der Waals surface area contributed by atoms with E-state index in [1.54, 1.807) is 28.8 Å². The van der Waals surface area contributed by atoms with Crippen LogP contribution in [0.2, 0.25) is 5.02 Å². The van der Waals surface area contributed by atoms with Crippen LogP contribution < -0.4 is 10.2 Å². The zero-order chi connectivity index (χ0) is 21.8. The van der Waals surface area contributed by atoms with Gasteiger partial charge >= 0.3 is 0 Å². The van der Waals surface area contributed by atoms with Crippen LogP contribution in [0.25, 0.3) is 0 Å². The van der Waals surface area contributed by atoms with E-state index in [1.807, 2.05) is 42.6 Å². The Bertz CT molecular complexity index is 1210. The van der Waals surface area contributed by atoms with Crippen molar-refractivity contribution in [1.82, 2.24) is 15.2 Å². The maximum atomic E-state index is 12.2. The van der Waals surface area contributed by atoms with E-state index in [2.05, 4.69) is 26.6 Å². The highest BCUT2D eigenvalue weighted by molar-refractivity contribution is 8.00. The average Bonchev–Trinajstić information content (AvgIpc) is 3.36. The molecule has 0 aliphatic rings. The number of nitrogens with zero attached hydrogens (tertiary/aromatic N) is 4. The zero-order valence-electron chi connectivity index (χ0n) is 16.7. The summed E-state index contributed by atoms with van der Waals surface area (Å²) in [6.07, 6.45) is 0. The average molecular weight is 488 g/mol. The van der Waals surface area contributed by atoms with Crippen molar-refractivity contribution in [2.75, 3.05) is 10.2 Å². The second-order valence-electron chi connectivity index (χ2n) is 6.61. The zero-order valence-corrected chi connectivity index (χ0v) is 19.9. The Hall–Kier alpha value is -2.46. The van der Waals surface area contributed by atoms with Crippen LogP contribution in [0.1, 0.15) is 18.2 Å². The van der Waals surface area contributed by atoms with Gasteiger partial charge in [-0.15, -0.1) is 21.5 Å². The molecule has 0 radical (unpaired) electrons. The van der Waals surface area contributed by atoms with Crippen LogP contribution in [0.15, 0.2) is 58.3 Å². The first-order valence-corrected chi connectivity index (χ1v) is 12.3. The van der Waals surface area contributed by atoms with E-state index in [9.17, 15) is 4.79 Å². The van der Waals surface area contributed by atoms with Gasteiger partial charge in [-0.1, -0.05) is 52.9 Å². The van der Waals surface area contributed by atoms with E-state index in [0.717, 1.165) is 20.9 Å². The van der Waals surface area contributed by atoms with Gasteiger partial charge in [0.25, 0.3) is 0 Å². The molecule has 0 bridgehead atoms. The van der Waals surface area contributed by atoms with Gasteiger partial charge in [-0.2, -0.15) is 0 Å². The van der Waals surface area contributed by atoms with E-state index in [4.69, 9.17) is 11.6 Å². The molecule has 0 saturated heterocycles. The molecule has 2 heterocycles. The number of rotatable bonds is 7. The Morgan fingerprint density at radius 1 is 1.19 bits per heavy atom. The van der Waals surface area contributed by atoms with Crippen molar-refractivity contribution in [2.24, 2.45) is 0 Å². The number of thioether (sulfide) groups is 1.